The van der Waals surface area contributed by atoms with Crippen LogP contribution in [0.25, 0.3) is 0 Å². The van der Waals surface area contributed by atoms with Gasteiger partial charge < -0.3 is 4.74 Å². The lowest BCUT2D eigenvalue weighted by molar-refractivity contribution is 0.317. The van der Waals surface area contributed by atoms with Crippen LogP contribution in [0.2, 0.25) is 0 Å². The predicted octanol–water partition coefficient (Wildman–Crippen LogP) is 4.42. The van der Waals surface area contributed by atoms with Crippen molar-refractivity contribution in [2.45, 2.75) is 40.0 Å². The third kappa shape index (κ3) is 3.82. The largest absolute Gasteiger partial charge is 0.494 e. The summed E-state index contributed by atoms with van der Waals surface area (Å²) in [5.74, 6) is 1.01. The molecule has 0 unspecified atom stereocenters. The Morgan fingerprint density at radius 2 is 1.81 bits per heavy atom. The molecular weight excluding hydrogens is 264 g/mol. The van der Waals surface area contributed by atoms with Gasteiger partial charge in [0, 0.05) is 5.33 Å². The van der Waals surface area contributed by atoms with Crippen LogP contribution < -0.4 is 4.74 Å². The molecule has 1 rings (SSSR count). The van der Waals surface area contributed by atoms with Crippen LogP contribution in [-0.2, 0) is 6.42 Å². The van der Waals surface area contributed by atoms with Gasteiger partial charge in [-0.05, 0) is 61.9 Å². The van der Waals surface area contributed by atoms with Crippen LogP contribution in [0.1, 0.15) is 36.5 Å². The molecule has 0 saturated heterocycles. The van der Waals surface area contributed by atoms with Crippen LogP contribution in [-0.4, -0.2) is 11.9 Å². The summed E-state index contributed by atoms with van der Waals surface area (Å²) in [5, 5.41) is 1.07. The minimum atomic E-state index is 0.805. The van der Waals surface area contributed by atoms with Gasteiger partial charge in [-0.3, -0.25) is 0 Å². The Kier molecular flexibility index (Phi) is 5.89. The van der Waals surface area contributed by atoms with Crippen LogP contribution in [0.4, 0.5) is 0 Å². The molecule has 1 aromatic rings. The van der Waals surface area contributed by atoms with Gasteiger partial charge in [-0.25, -0.2) is 0 Å². The SMILES string of the molecule is CCCOc1cc(C)c(CCCBr)c(C)c1. The van der Waals surface area contributed by atoms with Crippen molar-refractivity contribution < 1.29 is 4.74 Å². The van der Waals surface area contributed by atoms with E-state index >= 15 is 0 Å². The molecule has 0 aliphatic carbocycles. The lowest BCUT2D eigenvalue weighted by atomic mass is 9.98. The van der Waals surface area contributed by atoms with Crippen molar-refractivity contribution in [2.24, 2.45) is 0 Å². The number of ether oxygens (including phenoxy) is 1. The first-order valence-electron chi connectivity index (χ1n) is 5.98. The highest BCUT2D eigenvalue weighted by atomic mass is 79.9. The van der Waals surface area contributed by atoms with Gasteiger partial charge in [-0.2, -0.15) is 0 Å². The van der Waals surface area contributed by atoms with Gasteiger partial charge in [-0.15, -0.1) is 0 Å². The molecule has 0 spiro atoms. The molecule has 0 aromatic heterocycles. The number of rotatable bonds is 6. The van der Waals surface area contributed by atoms with Gasteiger partial charge in [0.05, 0.1) is 6.61 Å². The summed E-state index contributed by atoms with van der Waals surface area (Å²) < 4.78 is 5.67. The number of hydrogen-bond donors (Lipinski definition) is 0. The molecule has 0 fully saturated rings. The molecule has 0 heterocycles. The summed E-state index contributed by atoms with van der Waals surface area (Å²) in [5.41, 5.74) is 4.18. The molecule has 2 heteroatoms. The fraction of sp³-hybridized carbons (Fsp3) is 0.571. The number of alkyl halides is 1. The fourth-order valence-corrected chi connectivity index (χ4v) is 2.18. The summed E-state index contributed by atoms with van der Waals surface area (Å²) in [6, 6.07) is 4.32. The Morgan fingerprint density at radius 3 is 2.31 bits per heavy atom. The van der Waals surface area contributed by atoms with Crippen molar-refractivity contribution in [1.29, 1.82) is 0 Å². The van der Waals surface area contributed by atoms with Gasteiger partial charge >= 0.3 is 0 Å². The highest BCUT2D eigenvalue weighted by Gasteiger charge is 2.05. The van der Waals surface area contributed by atoms with Crippen LogP contribution in [0.5, 0.6) is 5.75 Å². The maximum absolute atomic E-state index is 5.67. The van der Waals surface area contributed by atoms with Crippen LogP contribution >= 0.6 is 15.9 Å². The van der Waals surface area contributed by atoms with Crippen LogP contribution in [0.15, 0.2) is 12.1 Å². The van der Waals surface area contributed by atoms with E-state index in [1.165, 1.54) is 23.1 Å². The zero-order valence-electron chi connectivity index (χ0n) is 10.5. The first-order valence-corrected chi connectivity index (χ1v) is 7.10. The average Bonchev–Trinajstić information content (AvgIpc) is 2.25. The summed E-state index contributed by atoms with van der Waals surface area (Å²) in [6.45, 7) is 7.29. The zero-order chi connectivity index (χ0) is 12.0. The second-order valence-electron chi connectivity index (χ2n) is 4.18. The van der Waals surface area contributed by atoms with Crippen molar-refractivity contribution in [2.75, 3.05) is 11.9 Å². The molecule has 0 N–H and O–H groups in total. The van der Waals surface area contributed by atoms with Crippen molar-refractivity contribution >= 4 is 15.9 Å². The molecule has 0 saturated carbocycles. The van der Waals surface area contributed by atoms with E-state index in [0.717, 1.165) is 30.5 Å². The number of hydrogen-bond acceptors (Lipinski definition) is 1. The van der Waals surface area contributed by atoms with Crippen molar-refractivity contribution in [3.63, 3.8) is 0 Å². The van der Waals surface area contributed by atoms with Gasteiger partial charge in [0.15, 0.2) is 0 Å². The molecule has 0 aliphatic rings. The topological polar surface area (TPSA) is 9.23 Å². The Labute approximate surface area is 107 Å². The van der Waals surface area contributed by atoms with Crippen LogP contribution in [0.3, 0.4) is 0 Å². The number of halogens is 1. The van der Waals surface area contributed by atoms with Crippen LogP contribution in [0, 0.1) is 13.8 Å². The van der Waals surface area contributed by atoms with E-state index in [4.69, 9.17) is 4.74 Å². The van der Waals surface area contributed by atoms with E-state index < -0.39 is 0 Å². The van der Waals surface area contributed by atoms with Crippen molar-refractivity contribution in [3.05, 3.63) is 28.8 Å². The second-order valence-corrected chi connectivity index (χ2v) is 4.97. The molecule has 0 atom stereocenters. The zero-order valence-corrected chi connectivity index (χ0v) is 12.1. The van der Waals surface area contributed by atoms with E-state index in [9.17, 15) is 0 Å². The third-order valence-electron chi connectivity index (χ3n) is 2.70. The summed E-state index contributed by atoms with van der Waals surface area (Å²) >= 11 is 3.48. The Hall–Kier alpha value is -0.500. The van der Waals surface area contributed by atoms with E-state index in [2.05, 4.69) is 48.8 Å². The maximum Gasteiger partial charge on any atom is 0.119 e. The normalized spacial score (nSPS) is 10.5. The maximum atomic E-state index is 5.67. The Balaban J connectivity index is 2.80. The first-order chi connectivity index (χ1) is 7.69. The number of benzene rings is 1. The minimum absolute atomic E-state index is 0.805. The minimum Gasteiger partial charge on any atom is -0.494 e. The molecule has 1 aromatic carbocycles. The summed E-state index contributed by atoms with van der Waals surface area (Å²) in [4.78, 5) is 0. The van der Waals surface area contributed by atoms with Crippen molar-refractivity contribution in [1.82, 2.24) is 0 Å². The van der Waals surface area contributed by atoms with E-state index in [1.807, 2.05) is 0 Å². The Morgan fingerprint density at radius 1 is 1.19 bits per heavy atom. The van der Waals surface area contributed by atoms with E-state index in [1.54, 1.807) is 0 Å². The quantitative estimate of drug-likeness (QED) is 0.703. The predicted molar refractivity (Wildman–Crippen MR) is 73.8 cm³/mol. The Bertz CT molecular complexity index is 311. The van der Waals surface area contributed by atoms with E-state index in [-0.39, 0.29) is 0 Å². The summed E-state index contributed by atoms with van der Waals surface area (Å²) in [7, 11) is 0. The van der Waals surface area contributed by atoms with Gasteiger partial charge in [0.2, 0.25) is 0 Å². The van der Waals surface area contributed by atoms with Gasteiger partial charge in [0.25, 0.3) is 0 Å². The highest BCUT2D eigenvalue weighted by molar-refractivity contribution is 9.09. The van der Waals surface area contributed by atoms with Crippen molar-refractivity contribution in [3.8, 4) is 5.75 Å². The van der Waals surface area contributed by atoms with Gasteiger partial charge in [-0.1, -0.05) is 22.9 Å². The molecule has 90 valence electrons. The fourth-order valence-electron chi connectivity index (χ4n) is 1.89. The lowest BCUT2D eigenvalue weighted by Gasteiger charge is -2.12. The van der Waals surface area contributed by atoms with E-state index in [0.29, 0.717) is 0 Å². The van der Waals surface area contributed by atoms with Gasteiger partial charge in [0.1, 0.15) is 5.75 Å². The molecular formula is C14H21BrO. The average molecular weight is 285 g/mol. The first kappa shape index (κ1) is 13.6. The molecule has 0 radical (unpaired) electrons. The standard InChI is InChI=1S/C14H21BrO/c1-4-8-16-13-9-11(2)14(6-5-7-15)12(3)10-13/h9-10H,4-8H2,1-3H3. The molecule has 0 amide bonds. The lowest BCUT2D eigenvalue weighted by Crippen LogP contribution is -1.99. The molecule has 1 nitrogen and oxygen atoms in total. The monoisotopic (exact) mass is 284 g/mol. The highest BCUT2D eigenvalue weighted by Crippen LogP contribution is 2.23. The third-order valence-corrected chi connectivity index (χ3v) is 3.26. The second kappa shape index (κ2) is 6.95. The molecule has 0 bridgehead atoms. The number of aryl methyl sites for hydroxylation is 2. The smallest absolute Gasteiger partial charge is 0.119 e. The summed E-state index contributed by atoms with van der Waals surface area (Å²) in [6.07, 6.45) is 3.40. The molecule has 16 heavy (non-hydrogen) atoms. The molecule has 0 aliphatic heterocycles.